The van der Waals surface area contributed by atoms with E-state index >= 15 is 0 Å². The first-order chi connectivity index (χ1) is 11.5. The minimum atomic E-state index is -0.722. The van der Waals surface area contributed by atoms with Gasteiger partial charge < -0.3 is 29.6 Å². The Balaban J connectivity index is 1.97. The SMILES string of the molecule is CNC(=O)CNC(=O)COC(=O)c1cc(OC)c2c(c1)OCCO2. The monoisotopic (exact) mass is 338 g/mol. The van der Waals surface area contributed by atoms with E-state index in [1.807, 2.05) is 0 Å². The summed E-state index contributed by atoms with van der Waals surface area (Å²) >= 11 is 0. The average Bonchev–Trinajstić information content (AvgIpc) is 2.62. The van der Waals surface area contributed by atoms with Crippen LogP contribution in [-0.2, 0) is 14.3 Å². The predicted octanol–water partition coefficient (Wildman–Crippen LogP) is -0.515. The molecule has 1 aliphatic rings. The van der Waals surface area contributed by atoms with E-state index in [1.165, 1.54) is 26.3 Å². The highest BCUT2D eigenvalue weighted by Crippen LogP contribution is 2.40. The number of likely N-dealkylation sites (N-methyl/N-ethyl adjacent to an activating group) is 1. The molecule has 2 amide bonds. The molecule has 2 rings (SSSR count). The van der Waals surface area contributed by atoms with E-state index in [1.54, 1.807) is 0 Å². The summed E-state index contributed by atoms with van der Waals surface area (Å²) in [5.41, 5.74) is 0.162. The normalized spacial score (nSPS) is 12.1. The summed E-state index contributed by atoms with van der Waals surface area (Å²) in [6.07, 6.45) is 0. The largest absolute Gasteiger partial charge is 0.493 e. The topological polar surface area (TPSA) is 112 Å². The molecule has 0 unspecified atom stereocenters. The van der Waals surface area contributed by atoms with E-state index < -0.39 is 18.5 Å². The quantitative estimate of drug-likeness (QED) is 0.672. The van der Waals surface area contributed by atoms with Crippen molar-refractivity contribution in [1.82, 2.24) is 10.6 Å². The van der Waals surface area contributed by atoms with Crippen LogP contribution in [-0.4, -0.2) is 58.3 Å². The molecule has 130 valence electrons. The van der Waals surface area contributed by atoms with Gasteiger partial charge >= 0.3 is 5.97 Å². The molecule has 0 aliphatic carbocycles. The molecule has 2 N–H and O–H groups in total. The van der Waals surface area contributed by atoms with Gasteiger partial charge in [0, 0.05) is 7.05 Å². The van der Waals surface area contributed by atoms with Crippen molar-refractivity contribution in [2.45, 2.75) is 0 Å². The van der Waals surface area contributed by atoms with E-state index in [4.69, 9.17) is 18.9 Å². The molecule has 0 aromatic heterocycles. The molecule has 0 saturated heterocycles. The second kappa shape index (κ2) is 8.04. The van der Waals surface area contributed by atoms with Crippen LogP contribution in [0.25, 0.3) is 0 Å². The van der Waals surface area contributed by atoms with Gasteiger partial charge in [-0.2, -0.15) is 0 Å². The van der Waals surface area contributed by atoms with Gasteiger partial charge in [-0.05, 0) is 12.1 Å². The first kappa shape index (κ1) is 17.4. The molecule has 1 aromatic carbocycles. The third kappa shape index (κ3) is 4.28. The van der Waals surface area contributed by atoms with Crippen molar-refractivity contribution in [1.29, 1.82) is 0 Å². The Morgan fingerprint density at radius 1 is 1.17 bits per heavy atom. The highest BCUT2D eigenvalue weighted by Gasteiger charge is 2.22. The lowest BCUT2D eigenvalue weighted by Gasteiger charge is -2.21. The number of ether oxygens (including phenoxy) is 4. The van der Waals surface area contributed by atoms with Crippen LogP contribution in [0.5, 0.6) is 17.2 Å². The summed E-state index contributed by atoms with van der Waals surface area (Å²) in [6.45, 7) is 0.0481. The maximum Gasteiger partial charge on any atom is 0.338 e. The fourth-order valence-electron chi connectivity index (χ4n) is 1.92. The van der Waals surface area contributed by atoms with Crippen LogP contribution >= 0.6 is 0 Å². The standard InChI is InChI=1S/C15H18N2O7/c1-16-12(18)7-17-13(19)8-24-15(20)9-5-10(21-2)14-11(6-9)22-3-4-23-14/h5-6H,3-4,7-8H2,1-2H3,(H,16,18)(H,17,19). The van der Waals surface area contributed by atoms with Crippen LogP contribution < -0.4 is 24.8 Å². The van der Waals surface area contributed by atoms with Gasteiger partial charge in [-0.25, -0.2) is 4.79 Å². The molecule has 24 heavy (non-hydrogen) atoms. The van der Waals surface area contributed by atoms with Gasteiger partial charge in [-0.15, -0.1) is 0 Å². The van der Waals surface area contributed by atoms with E-state index in [0.29, 0.717) is 30.5 Å². The zero-order chi connectivity index (χ0) is 17.5. The summed E-state index contributed by atoms with van der Waals surface area (Å²) in [4.78, 5) is 34.6. The fourth-order valence-corrected chi connectivity index (χ4v) is 1.92. The number of benzene rings is 1. The van der Waals surface area contributed by atoms with E-state index in [9.17, 15) is 14.4 Å². The zero-order valence-corrected chi connectivity index (χ0v) is 13.3. The number of carbonyl (C=O) groups excluding carboxylic acids is 3. The van der Waals surface area contributed by atoms with Gasteiger partial charge in [-0.3, -0.25) is 9.59 Å². The van der Waals surface area contributed by atoms with E-state index in [2.05, 4.69) is 10.6 Å². The number of esters is 1. The lowest BCUT2D eigenvalue weighted by Crippen LogP contribution is -2.37. The van der Waals surface area contributed by atoms with Crippen molar-refractivity contribution in [3.63, 3.8) is 0 Å². The number of amides is 2. The molecule has 9 nitrogen and oxygen atoms in total. The van der Waals surface area contributed by atoms with Crippen LogP contribution in [0.15, 0.2) is 12.1 Å². The lowest BCUT2D eigenvalue weighted by atomic mass is 10.1. The minimum Gasteiger partial charge on any atom is -0.493 e. The summed E-state index contributed by atoms with van der Waals surface area (Å²) in [5, 5.41) is 4.67. The molecule has 1 aliphatic heterocycles. The first-order valence-corrected chi connectivity index (χ1v) is 7.17. The molecule has 0 radical (unpaired) electrons. The fraction of sp³-hybridized carbons (Fsp3) is 0.400. The molecule has 1 aromatic rings. The lowest BCUT2D eigenvalue weighted by molar-refractivity contribution is -0.127. The molecular formula is C15H18N2O7. The van der Waals surface area contributed by atoms with Gasteiger partial charge in [0.05, 0.1) is 19.2 Å². The van der Waals surface area contributed by atoms with Crippen LogP contribution in [0.3, 0.4) is 0 Å². The molecule has 0 bridgehead atoms. The Bertz CT molecular complexity index is 628. The summed E-state index contributed by atoms with van der Waals surface area (Å²) < 4.78 is 20.9. The smallest absolute Gasteiger partial charge is 0.338 e. The zero-order valence-electron chi connectivity index (χ0n) is 13.3. The Morgan fingerprint density at radius 3 is 2.62 bits per heavy atom. The van der Waals surface area contributed by atoms with Crippen molar-refractivity contribution < 1.29 is 33.3 Å². The maximum absolute atomic E-state index is 12.1. The third-order valence-electron chi connectivity index (χ3n) is 3.12. The Morgan fingerprint density at radius 2 is 1.92 bits per heavy atom. The van der Waals surface area contributed by atoms with Crippen LogP contribution in [0.2, 0.25) is 0 Å². The summed E-state index contributed by atoms with van der Waals surface area (Å²) in [7, 11) is 2.89. The highest BCUT2D eigenvalue weighted by atomic mass is 16.6. The Kier molecular flexibility index (Phi) is 5.83. The number of carbonyl (C=O) groups is 3. The second-order valence-corrected chi connectivity index (χ2v) is 4.73. The van der Waals surface area contributed by atoms with Crippen LogP contribution in [0.1, 0.15) is 10.4 Å². The highest BCUT2D eigenvalue weighted by molar-refractivity contribution is 5.93. The van der Waals surface area contributed by atoms with Crippen molar-refractivity contribution in [2.75, 3.05) is 40.5 Å². The summed E-state index contributed by atoms with van der Waals surface area (Å²) in [6, 6.07) is 2.90. The van der Waals surface area contributed by atoms with Crippen molar-refractivity contribution in [3.8, 4) is 17.2 Å². The number of nitrogens with one attached hydrogen (secondary N) is 2. The van der Waals surface area contributed by atoms with Crippen LogP contribution in [0.4, 0.5) is 0 Å². The second-order valence-electron chi connectivity index (χ2n) is 4.73. The number of methoxy groups -OCH3 is 1. The van der Waals surface area contributed by atoms with Crippen LogP contribution in [0, 0.1) is 0 Å². The number of hydrogen-bond donors (Lipinski definition) is 2. The Labute approximate surface area is 138 Å². The third-order valence-corrected chi connectivity index (χ3v) is 3.12. The van der Waals surface area contributed by atoms with Crippen molar-refractivity contribution in [3.05, 3.63) is 17.7 Å². The average molecular weight is 338 g/mol. The van der Waals surface area contributed by atoms with E-state index in [0.717, 1.165) is 0 Å². The molecular weight excluding hydrogens is 320 g/mol. The summed E-state index contributed by atoms with van der Waals surface area (Å²) in [5.74, 6) is -0.536. The van der Waals surface area contributed by atoms with Gasteiger partial charge in [0.15, 0.2) is 18.1 Å². The maximum atomic E-state index is 12.1. The minimum absolute atomic E-state index is 0.162. The van der Waals surface area contributed by atoms with Gasteiger partial charge in [0.25, 0.3) is 5.91 Å². The van der Waals surface area contributed by atoms with Crippen molar-refractivity contribution >= 4 is 17.8 Å². The van der Waals surface area contributed by atoms with Gasteiger partial charge in [-0.1, -0.05) is 0 Å². The van der Waals surface area contributed by atoms with Gasteiger partial charge in [0.1, 0.15) is 13.2 Å². The molecule has 0 atom stereocenters. The van der Waals surface area contributed by atoms with E-state index in [-0.39, 0.29) is 18.0 Å². The molecule has 1 heterocycles. The number of fused-ring (bicyclic) bond motifs is 1. The molecule has 9 heteroatoms. The predicted molar refractivity (Wildman–Crippen MR) is 81.3 cm³/mol. The molecule has 0 spiro atoms. The molecule has 0 fully saturated rings. The number of hydrogen-bond acceptors (Lipinski definition) is 7. The number of rotatable bonds is 6. The molecule has 0 saturated carbocycles. The Hall–Kier alpha value is -2.97. The van der Waals surface area contributed by atoms with Crippen molar-refractivity contribution in [2.24, 2.45) is 0 Å². The van der Waals surface area contributed by atoms with Gasteiger partial charge in [0.2, 0.25) is 11.7 Å². The first-order valence-electron chi connectivity index (χ1n) is 7.17.